The van der Waals surface area contributed by atoms with Gasteiger partial charge < -0.3 is 40.4 Å². The van der Waals surface area contributed by atoms with Gasteiger partial charge in [0.25, 0.3) is 11.8 Å². The number of aromatic amines is 1. The minimum Gasteiger partial charge on any atom is -0.481 e. The van der Waals surface area contributed by atoms with Crippen molar-refractivity contribution in [2.24, 2.45) is 0 Å². The average Bonchev–Trinajstić information content (AvgIpc) is 3.78. The monoisotopic (exact) mass is 764 g/mol. The summed E-state index contributed by atoms with van der Waals surface area (Å²) in [7, 11) is 0. The van der Waals surface area contributed by atoms with Crippen LogP contribution < -0.4 is 21.3 Å². The highest BCUT2D eigenvalue weighted by Gasteiger charge is 2.32. The molecular formula is C37H39F3N8O7. The van der Waals surface area contributed by atoms with E-state index < -0.39 is 41.5 Å². The Bertz CT molecular complexity index is 2150. The molecule has 0 fully saturated rings. The highest BCUT2D eigenvalue weighted by atomic mass is 19.4. The van der Waals surface area contributed by atoms with Crippen molar-refractivity contribution in [1.29, 1.82) is 0 Å². The quantitative estimate of drug-likeness (QED) is 0.0681. The molecule has 0 aliphatic rings. The molecule has 2 aromatic heterocycles. The van der Waals surface area contributed by atoms with Gasteiger partial charge in [0.15, 0.2) is 5.69 Å². The van der Waals surface area contributed by atoms with Gasteiger partial charge in [0, 0.05) is 53.0 Å². The number of anilines is 2. The van der Waals surface area contributed by atoms with Gasteiger partial charge in [-0.2, -0.15) is 18.3 Å². The lowest BCUT2D eigenvalue weighted by Crippen LogP contribution is -2.45. The number of benzene rings is 3. The smallest absolute Gasteiger partial charge is 0.416 e. The van der Waals surface area contributed by atoms with Crippen LogP contribution in [0, 0.1) is 6.92 Å². The van der Waals surface area contributed by atoms with E-state index in [1.807, 2.05) is 6.07 Å². The molecule has 290 valence electrons. The van der Waals surface area contributed by atoms with E-state index in [9.17, 15) is 32.3 Å². The number of imidazole rings is 1. The first kappa shape index (κ1) is 39.9. The maximum atomic E-state index is 13.7. The van der Waals surface area contributed by atoms with E-state index in [4.69, 9.17) is 14.6 Å². The van der Waals surface area contributed by atoms with E-state index in [1.54, 1.807) is 43.3 Å². The Morgan fingerprint density at radius 3 is 2.45 bits per heavy atom. The first-order valence-corrected chi connectivity index (χ1v) is 17.1. The molecule has 3 amide bonds. The van der Waals surface area contributed by atoms with Crippen LogP contribution in [-0.2, 0) is 31.8 Å². The predicted octanol–water partition coefficient (Wildman–Crippen LogP) is 4.68. The fourth-order valence-electron chi connectivity index (χ4n) is 5.36. The first-order chi connectivity index (χ1) is 26.3. The van der Waals surface area contributed by atoms with Gasteiger partial charge in [-0.1, -0.05) is 12.1 Å². The van der Waals surface area contributed by atoms with Crippen LogP contribution in [0.2, 0.25) is 0 Å². The second-order valence-corrected chi connectivity index (χ2v) is 12.4. The molecule has 0 saturated carbocycles. The number of rotatable bonds is 18. The topological polar surface area (TPSA) is 202 Å². The summed E-state index contributed by atoms with van der Waals surface area (Å²) in [5.74, 6) is -2.64. The molecule has 1 unspecified atom stereocenters. The van der Waals surface area contributed by atoms with Crippen LogP contribution >= 0.6 is 0 Å². The van der Waals surface area contributed by atoms with E-state index in [0.29, 0.717) is 34.5 Å². The number of halogens is 3. The molecule has 0 radical (unpaired) electrons. The number of carboxylic acid groups (broad SMARTS) is 1. The Hall–Kier alpha value is -6.27. The fraction of sp³-hybridized carbons (Fsp3) is 0.297. The number of nitrogens with zero attached hydrogens (tertiary/aromatic N) is 3. The normalized spacial score (nSPS) is 11.9. The lowest BCUT2D eigenvalue weighted by Gasteiger charge is -2.14. The van der Waals surface area contributed by atoms with Crippen molar-refractivity contribution in [2.75, 3.05) is 43.6 Å². The standard InChI is InChI=1S/C37H39F3N8O7/c1-22-19-41-21-48(22)29-16-25(15-26(17-29)37(38,39)40)35(52)45-28-5-3-4-24(14-28)20-43-27-6-7-30-31(18-27)46-47-33(30)36(53)44-23(2)34(51)42-9-11-55-13-12-54-10-8-32(49)50/h3-7,14-19,21,23,43H,8-13,20H2,1-2H3,(H,42,51)(H,44,53)(H,45,52)(H,46,47)(H,49,50). The van der Waals surface area contributed by atoms with Crippen LogP contribution in [0.4, 0.5) is 24.5 Å². The van der Waals surface area contributed by atoms with Gasteiger partial charge in [-0.05, 0) is 67.9 Å². The van der Waals surface area contributed by atoms with Gasteiger partial charge in [0.2, 0.25) is 5.91 Å². The number of ether oxygens (including phenoxy) is 2. The van der Waals surface area contributed by atoms with Crippen molar-refractivity contribution in [2.45, 2.75) is 39.0 Å². The summed E-state index contributed by atoms with van der Waals surface area (Å²) in [6.07, 6.45) is -1.87. The van der Waals surface area contributed by atoms with E-state index in [-0.39, 0.29) is 56.3 Å². The van der Waals surface area contributed by atoms with Gasteiger partial charge in [0.1, 0.15) is 6.04 Å². The number of alkyl halides is 3. The Labute approximate surface area is 312 Å². The maximum absolute atomic E-state index is 13.7. The van der Waals surface area contributed by atoms with E-state index in [1.165, 1.54) is 30.1 Å². The van der Waals surface area contributed by atoms with E-state index in [0.717, 1.165) is 17.7 Å². The number of fused-ring (bicyclic) bond motifs is 1. The van der Waals surface area contributed by atoms with Crippen molar-refractivity contribution < 1.29 is 46.9 Å². The van der Waals surface area contributed by atoms with Gasteiger partial charge in [-0.3, -0.25) is 24.3 Å². The number of carbonyl (C=O) groups is 4. The van der Waals surface area contributed by atoms with E-state index in [2.05, 4.69) is 36.4 Å². The van der Waals surface area contributed by atoms with Crippen LogP contribution in [-0.4, -0.2) is 87.6 Å². The Kier molecular flexibility index (Phi) is 13.2. The van der Waals surface area contributed by atoms with Gasteiger partial charge in [-0.25, -0.2) is 4.98 Å². The summed E-state index contributed by atoms with van der Waals surface area (Å²) < 4.78 is 53.1. The summed E-state index contributed by atoms with van der Waals surface area (Å²) >= 11 is 0. The molecule has 0 saturated heterocycles. The van der Waals surface area contributed by atoms with Crippen LogP contribution in [0.1, 0.15) is 51.0 Å². The minimum absolute atomic E-state index is 0.0890. The summed E-state index contributed by atoms with van der Waals surface area (Å²) in [4.78, 5) is 53.0. The van der Waals surface area contributed by atoms with Gasteiger partial charge in [-0.15, -0.1) is 0 Å². The minimum atomic E-state index is -4.67. The summed E-state index contributed by atoms with van der Waals surface area (Å²) in [5, 5.41) is 27.3. The number of carbonyl (C=O) groups excluding carboxylic acids is 3. The van der Waals surface area contributed by atoms with Crippen molar-refractivity contribution in [3.8, 4) is 5.69 Å². The third-order valence-electron chi connectivity index (χ3n) is 8.19. The second kappa shape index (κ2) is 18.2. The highest BCUT2D eigenvalue weighted by Crippen LogP contribution is 2.32. The zero-order valence-electron chi connectivity index (χ0n) is 29.8. The third kappa shape index (κ3) is 11.1. The van der Waals surface area contributed by atoms with Crippen molar-refractivity contribution in [3.05, 3.63) is 101 Å². The SMILES string of the molecule is Cc1cncn1-c1cc(C(=O)Nc2cccc(CNc3ccc4c(C(=O)NC(C)C(=O)NCCOCCOCCC(=O)O)n[nH]c4c3)c2)cc(C(F)(F)F)c1. The average molecular weight is 765 g/mol. The summed E-state index contributed by atoms with van der Waals surface area (Å²) in [6.45, 7) is 4.50. The molecule has 18 heteroatoms. The molecule has 55 heavy (non-hydrogen) atoms. The van der Waals surface area contributed by atoms with Crippen molar-refractivity contribution >= 4 is 46.0 Å². The maximum Gasteiger partial charge on any atom is 0.416 e. The molecule has 0 aliphatic heterocycles. The van der Waals surface area contributed by atoms with Gasteiger partial charge >= 0.3 is 12.1 Å². The lowest BCUT2D eigenvalue weighted by atomic mass is 10.1. The van der Waals surface area contributed by atoms with Gasteiger partial charge in [0.05, 0.1) is 50.3 Å². The fourth-order valence-corrected chi connectivity index (χ4v) is 5.36. The number of carboxylic acids is 1. The molecule has 6 N–H and O–H groups in total. The predicted molar refractivity (Wildman–Crippen MR) is 195 cm³/mol. The van der Waals surface area contributed by atoms with Crippen LogP contribution in [0.25, 0.3) is 16.6 Å². The summed E-state index contributed by atoms with van der Waals surface area (Å²) in [6, 6.07) is 14.3. The molecule has 0 spiro atoms. The number of amides is 3. The molecule has 1 atom stereocenters. The van der Waals surface area contributed by atoms with Crippen molar-refractivity contribution in [3.63, 3.8) is 0 Å². The number of nitrogens with one attached hydrogen (secondary N) is 5. The van der Waals surface area contributed by atoms with Crippen LogP contribution in [0.15, 0.2) is 73.2 Å². The number of hydrogen-bond acceptors (Lipinski definition) is 9. The van der Waals surface area contributed by atoms with Crippen LogP contribution in [0.5, 0.6) is 0 Å². The van der Waals surface area contributed by atoms with Crippen LogP contribution in [0.3, 0.4) is 0 Å². The molecule has 5 rings (SSSR count). The number of hydrogen-bond donors (Lipinski definition) is 6. The van der Waals surface area contributed by atoms with Crippen molar-refractivity contribution in [1.82, 2.24) is 30.4 Å². The molecular weight excluding hydrogens is 725 g/mol. The number of aryl methyl sites for hydroxylation is 1. The third-order valence-corrected chi connectivity index (χ3v) is 8.19. The molecule has 15 nitrogen and oxygen atoms in total. The molecule has 5 aromatic rings. The highest BCUT2D eigenvalue weighted by molar-refractivity contribution is 6.06. The molecule has 2 heterocycles. The molecule has 0 aliphatic carbocycles. The second-order valence-electron chi connectivity index (χ2n) is 12.4. The number of aromatic nitrogens is 4. The zero-order valence-corrected chi connectivity index (χ0v) is 29.8. The largest absolute Gasteiger partial charge is 0.481 e. The molecule has 0 bridgehead atoms. The van der Waals surface area contributed by atoms with E-state index >= 15 is 0 Å². The summed E-state index contributed by atoms with van der Waals surface area (Å²) in [5.41, 5.74) is 2.12. The number of aliphatic carboxylic acids is 1. The number of H-pyrrole nitrogens is 1. The Morgan fingerprint density at radius 1 is 0.945 bits per heavy atom. The zero-order chi connectivity index (χ0) is 39.5. The molecule has 3 aromatic carbocycles. The lowest BCUT2D eigenvalue weighted by molar-refractivity contribution is -0.139. The Morgan fingerprint density at radius 2 is 1.73 bits per heavy atom. The first-order valence-electron chi connectivity index (χ1n) is 17.1. The Balaban J connectivity index is 1.12.